The molecule has 0 saturated carbocycles. The second-order valence-corrected chi connectivity index (χ2v) is 4.59. The summed E-state index contributed by atoms with van der Waals surface area (Å²) in [6.45, 7) is 0. The monoisotopic (exact) mass is 280 g/mol. The Balaban J connectivity index is 2.12. The van der Waals surface area contributed by atoms with E-state index in [0.717, 1.165) is 28.3 Å². The molecule has 0 N–H and O–H groups in total. The summed E-state index contributed by atoms with van der Waals surface area (Å²) in [7, 11) is 3.34. The molecule has 2 aromatic carbocycles. The third-order valence-corrected chi connectivity index (χ3v) is 3.37. The largest absolute Gasteiger partial charge is 0.497 e. The van der Waals surface area contributed by atoms with Gasteiger partial charge in [0.15, 0.2) is 0 Å². The number of aromatic nitrogens is 2. The molecule has 0 spiro atoms. The zero-order valence-corrected chi connectivity index (χ0v) is 12.0. The number of ether oxygens (including phenoxy) is 2. The van der Waals surface area contributed by atoms with Gasteiger partial charge in [-0.1, -0.05) is 12.1 Å². The van der Waals surface area contributed by atoms with Gasteiger partial charge in [0, 0.05) is 23.6 Å². The van der Waals surface area contributed by atoms with Crippen LogP contribution in [0.2, 0.25) is 0 Å². The molecule has 106 valence electrons. The standard InChI is InChI=1S/C17H16N2O2/c1-20-15-5-3-4-13(10-15)16-11-14(6-7-17(16)21-2)19-9-8-18-12-19/h3-12H,1-2H3. The van der Waals surface area contributed by atoms with Gasteiger partial charge in [-0.3, -0.25) is 0 Å². The molecule has 4 heteroatoms. The van der Waals surface area contributed by atoms with Crippen molar-refractivity contribution in [2.75, 3.05) is 14.2 Å². The first-order valence-corrected chi connectivity index (χ1v) is 6.62. The number of hydrogen-bond acceptors (Lipinski definition) is 3. The van der Waals surface area contributed by atoms with Gasteiger partial charge in [-0.2, -0.15) is 0 Å². The Morgan fingerprint density at radius 1 is 1.00 bits per heavy atom. The van der Waals surface area contributed by atoms with E-state index in [1.165, 1.54) is 0 Å². The fraction of sp³-hybridized carbons (Fsp3) is 0.118. The summed E-state index contributed by atoms with van der Waals surface area (Å²) in [6, 6.07) is 14.0. The fourth-order valence-corrected chi connectivity index (χ4v) is 2.28. The van der Waals surface area contributed by atoms with E-state index in [0.29, 0.717) is 0 Å². The lowest BCUT2D eigenvalue weighted by molar-refractivity contribution is 0.413. The first kappa shape index (κ1) is 13.2. The molecule has 1 aromatic heterocycles. The maximum Gasteiger partial charge on any atom is 0.126 e. The molecule has 1 heterocycles. The summed E-state index contributed by atoms with van der Waals surface area (Å²) in [5.74, 6) is 1.65. The average molecular weight is 280 g/mol. The van der Waals surface area contributed by atoms with Gasteiger partial charge in [-0.05, 0) is 35.9 Å². The van der Waals surface area contributed by atoms with Gasteiger partial charge in [0.1, 0.15) is 11.5 Å². The fourth-order valence-electron chi connectivity index (χ4n) is 2.28. The van der Waals surface area contributed by atoms with Crippen molar-refractivity contribution in [1.82, 2.24) is 9.55 Å². The molecule has 0 fully saturated rings. The molecular weight excluding hydrogens is 264 g/mol. The summed E-state index contributed by atoms with van der Waals surface area (Å²) in [5, 5.41) is 0. The van der Waals surface area contributed by atoms with E-state index in [2.05, 4.69) is 11.1 Å². The van der Waals surface area contributed by atoms with Gasteiger partial charge in [0.25, 0.3) is 0 Å². The van der Waals surface area contributed by atoms with E-state index < -0.39 is 0 Å². The van der Waals surface area contributed by atoms with Crippen molar-refractivity contribution < 1.29 is 9.47 Å². The number of hydrogen-bond donors (Lipinski definition) is 0. The number of rotatable bonds is 4. The highest BCUT2D eigenvalue weighted by Gasteiger charge is 2.09. The minimum atomic E-state index is 0.822. The summed E-state index contributed by atoms with van der Waals surface area (Å²) in [4.78, 5) is 4.08. The van der Waals surface area contributed by atoms with E-state index in [4.69, 9.17) is 9.47 Å². The van der Waals surface area contributed by atoms with Crippen LogP contribution in [0.25, 0.3) is 16.8 Å². The van der Waals surface area contributed by atoms with Crippen LogP contribution in [0.15, 0.2) is 61.2 Å². The van der Waals surface area contributed by atoms with Gasteiger partial charge in [0.05, 0.1) is 20.5 Å². The molecule has 0 bridgehead atoms. The quantitative estimate of drug-likeness (QED) is 0.733. The molecule has 0 atom stereocenters. The Labute approximate surface area is 123 Å². The number of benzene rings is 2. The van der Waals surface area contributed by atoms with Crippen molar-refractivity contribution in [1.29, 1.82) is 0 Å². The molecule has 0 amide bonds. The molecular formula is C17H16N2O2. The second-order valence-electron chi connectivity index (χ2n) is 4.59. The molecule has 0 aliphatic carbocycles. The van der Waals surface area contributed by atoms with Crippen LogP contribution in [0.5, 0.6) is 11.5 Å². The van der Waals surface area contributed by atoms with Crippen molar-refractivity contribution in [2.45, 2.75) is 0 Å². The highest BCUT2D eigenvalue weighted by atomic mass is 16.5. The normalized spacial score (nSPS) is 10.4. The SMILES string of the molecule is COc1cccc(-c2cc(-n3ccnc3)ccc2OC)c1. The molecule has 0 radical (unpaired) electrons. The van der Waals surface area contributed by atoms with Crippen LogP contribution < -0.4 is 9.47 Å². The Morgan fingerprint density at radius 3 is 2.62 bits per heavy atom. The lowest BCUT2D eigenvalue weighted by Gasteiger charge is -2.12. The van der Waals surface area contributed by atoms with E-state index in [1.807, 2.05) is 47.2 Å². The topological polar surface area (TPSA) is 36.3 Å². The van der Waals surface area contributed by atoms with Crippen LogP contribution in [0, 0.1) is 0 Å². The third kappa shape index (κ3) is 2.60. The van der Waals surface area contributed by atoms with Gasteiger partial charge < -0.3 is 14.0 Å². The Hall–Kier alpha value is -2.75. The van der Waals surface area contributed by atoms with Crippen molar-refractivity contribution in [3.8, 4) is 28.3 Å². The van der Waals surface area contributed by atoms with Crippen LogP contribution in [-0.2, 0) is 0 Å². The first-order chi connectivity index (χ1) is 10.3. The third-order valence-electron chi connectivity index (χ3n) is 3.37. The predicted octanol–water partition coefficient (Wildman–Crippen LogP) is 3.56. The van der Waals surface area contributed by atoms with Crippen LogP contribution in [0.3, 0.4) is 0 Å². The first-order valence-electron chi connectivity index (χ1n) is 6.62. The minimum absolute atomic E-state index is 0.822. The molecule has 4 nitrogen and oxygen atoms in total. The summed E-state index contributed by atoms with van der Waals surface area (Å²) in [5.41, 5.74) is 3.10. The smallest absolute Gasteiger partial charge is 0.126 e. The van der Waals surface area contributed by atoms with Crippen molar-refractivity contribution in [2.24, 2.45) is 0 Å². The molecule has 0 aliphatic rings. The zero-order valence-electron chi connectivity index (χ0n) is 12.0. The lowest BCUT2D eigenvalue weighted by Crippen LogP contribution is -1.94. The van der Waals surface area contributed by atoms with Crippen molar-refractivity contribution in [3.05, 3.63) is 61.2 Å². The van der Waals surface area contributed by atoms with E-state index in [1.54, 1.807) is 26.7 Å². The molecule has 0 aliphatic heterocycles. The average Bonchev–Trinajstić information content (AvgIpc) is 3.09. The van der Waals surface area contributed by atoms with Crippen molar-refractivity contribution >= 4 is 0 Å². The molecule has 0 saturated heterocycles. The Kier molecular flexibility index (Phi) is 3.60. The van der Waals surface area contributed by atoms with Crippen LogP contribution in [-0.4, -0.2) is 23.8 Å². The molecule has 21 heavy (non-hydrogen) atoms. The van der Waals surface area contributed by atoms with Gasteiger partial charge in [-0.25, -0.2) is 4.98 Å². The second kappa shape index (κ2) is 5.71. The summed E-state index contributed by atoms with van der Waals surface area (Å²) >= 11 is 0. The van der Waals surface area contributed by atoms with E-state index in [9.17, 15) is 0 Å². The number of imidazole rings is 1. The van der Waals surface area contributed by atoms with E-state index in [-0.39, 0.29) is 0 Å². The highest BCUT2D eigenvalue weighted by Crippen LogP contribution is 2.33. The maximum absolute atomic E-state index is 5.48. The lowest BCUT2D eigenvalue weighted by atomic mass is 10.0. The van der Waals surface area contributed by atoms with Crippen molar-refractivity contribution in [3.63, 3.8) is 0 Å². The highest BCUT2D eigenvalue weighted by molar-refractivity contribution is 5.73. The summed E-state index contributed by atoms with van der Waals surface area (Å²) < 4.78 is 12.7. The molecule has 0 unspecified atom stereocenters. The molecule has 3 aromatic rings. The zero-order chi connectivity index (χ0) is 14.7. The van der Waals surface area contributed by atoms with Gasteiger partial charge in [-0.15, -0.1) is 0 Å². The van der Waals surface area contributed by atoms with Gasteiger partial charge in [0.2, 0.25) is 0 Å². The number of methoxy groups -OCH3 is 2. The van der Waals surface area contributed by atoms with Crippen LogP contribution in [0.1, 0.15) is 0 Å². The van der Waals surface area contributed by atoms with Crippen LogP contribution in [0.4, 0.5) is 0 Å². The van der Waals surface area contributed by atoms with E-state index >= 15 is 0 Å². The van der Waals surface area contributed by atoms with Gasteiger partial charge >= 0.3 is 0 Å². The minimum Gasteiger partial charge on any atom is -0.497 e. The molecule has 3 rings (SSSR count). The Morgan fingerprint density at radius 2 is 1.90 bits per heavy atom. The Bertz CT molecular complexity index is 736. The predicted molar refractivity (Wildman–Crippen MR) is 82.1 cm³/mol. The summed E-state index contributed by atoms with van der Waals surface area (Å²) in [6.07, 6.45) is 5.45. The van der Waals surface area contributed by atoms with Crippen LogP contribution >= 0.6 is 0 Å². The number of nitrogens with zero attached hydrogens (tertiary/aromatic N) is 2. The maximum atomic E-state index is 5.48.